The molecule has 1 N–H and O–H groups in total. The van der Waals surface area contributed by atoms with Gasteiger partial charge in [0.2, 0.25) is 5.91 Å². The second-order valence-corrected chi connectivity index (χ2v) is 7.66. The Morgan fingerprint density at radius 2 is 1.63 bits per heavy atom. The number of halogens is 4. The van der Waals surface area contributed by atoms with E-state index in [4.69, 9.17) is 0 Å². The minimum atomic E-state index is -4.37. The summed E-state index contributed by atoms with van der Waals surface area (Å²) in [4.78, 5) is 14.7. The van der Waals surface area contributed by atoms with Gasteiger partial charge in [0.05, 0.1) is 5.56 Å². The molecular formula is C20H20BrF3N2O. The van der Waals surface area contributed by atoms with Gasteiger partial charge in [-0.2, -0.15) is 13.2 Å². The fraction of sp³-hybridized carbons (Fsp3) is 0.350. The fourth-order valence-corrected chi connectivity index (χ4v) is 3.45. The number of amides is 1. The number of hydrogen-bond acceptors (Lipinski definition) is 2. The number of rotatable bonds is 4. The lowest BCUT2D eigenvalue weighted by atomic mass is 9.95. The molecule has 1 saturated heterocycles. The van der Waals surface area contributed by atoms with Gasteiger partial charge in [-0.05, 0) is 67.9 Å². The molecule has 1 aliphatic heterocycles. The Bertz CT molecular complexity index is 767. The van der Waals surface area contributed by atoms with Crippen LogP contribution in [0.3, 0.4) is 0 Å². The zero-order valence-corrected chi connectivity index (χ0v) is 16.2. The maximum absolute atomic E-state index is 12.6. The molecule has 1 aliphatic rings. The lowest BCUT2D eigenvalue weighted by Crippen LogP contribution is -2.37. The van der Waals surface area contributed by atoms with Crippen LogP contribution in [0, 0.1) is 5.92 Å². The molecule has 0 aliphatic carbocycles. The predicted molar refractivity (Wildman–Crippen MR) is 102 cm³/mol. The van der Waals surface area contributed by atoms with E-state index in [1.807, 2.05) is 12.1 Å². The summed E-state index contributed by atoms with van der Waals surface area (Å²) in [6.45, 7) is 2.49. The van der Waals surface area contributed by atoms with Crippen molar-refractivity contribution in [3.63, 3.8) is 0 Å². The summed E-state index contributed by atoms with van der Waals surface area (Å²) in [7, 11) is 0. The minimum Gasteiger partial charge on any atom is -0.326 e. The Hall–Kier alpha value is -1.86. The first-order valence-electron chi connectivity index (χ1n) is 8.76. The van der Waals surface area contributed by atoms with Crippen molar-refractivity contribution in [3.05, 3.63) is 64.1 Å². The van der Waals surface area contributed by atoms with E-state index in [-0.39, 0.29) is 11.8 Å². The van der Waals surface area contributed by atoms with E-state index in [1.165, 1.54) is 17.7 Å². The molecule has 2 aromatic rings. The molecule has 1 heterocycles. The third kappa shape index (κ3) is 5.56. The van der Waals surface area contributed by atoms with Crippen molar-refractivity contribution in [2.24, 2.45) is 5.92 Å². The van der Waals surface area contributed by atoms with Crippen LogP contribution in [-0.4, -0.2) is 23.9 Å². The van der Waals surface area contributed by atoms with Gasteiger partial charge in [-0.3, -0.25) is 9.69 Å². The zero-order chi connectivity index (χ0) is 19.4. The molecule has 144 valence electrons. The van der Waals surface area contributed by atoms with Crippen LogP contribution in [0.2, 0.25) is 0 Å². The summed E-state index contributed by atoms with van der Waals surface area (Å²) in [5.41, 5.74) is 0.901. The van der Waals surface area contributed by atoms with E-state index in [1.54, 1.807) is 0 Å². The Balaban J connectivity index is 1.49. The smallest absolute Gasteiger partial charge is 0.326 e. The summed E-state index contributed by atoms with van der Waals surface area (Å²) >= 11 is 3.42. The number of piperidine rings is 1. The van der Waals surface area contributed by atoms with Crippen LogP contribution in [-0.2, 0) is 17.5 Å². The van der Waals surface area contributed by atoms with Crippen molar-refractivity contribution < 1.29 is 18.0 Å². The molecular weight excluding hydrogens is 421 g/mol. The molecule has 3 nitrogen and oxygen atoms in total. The Morgan fingerprint density at radius 3 is 2.19 bits per heavy atom. The topological polar surface area (TPSA) is 32.3 Å². The van der Waals surface area contributed by atoms with Crippen molar-refractivity contribution in [1.82, 2.24) is 4.90 Å². The fourth-order valence-electron chi connectivity index (χ4n) is 3.19. The van der Waals surface area contributed by atoms with Crippen molar-refractivity contribution in [3.8, 4) is 0 Å². The van der Waals surface area contributed by atoms with Gasteiger partial charge < -0.3 is 5.32 Å². The molecule has 1 amide bonds. The third-order valence-electron chi connectivity index (χ3n) is 4.76. The number of anilines is 1. The van der Waals surface area contributed by atoms with Gasteiger partial charge in [0.25, 0.3) is 0 Å². The van der Waals surface area contributed by atoms with Crippen LogP contribution in [0.1, 0.15) is 24.0 Å². The van der Waals surface area contributed by atoms with Gasteiger partial charge in [-0.15, -0.1) is 0 Å². The number of nitrogens with one attached hydrogen (secondary N) is 1. The standard InChI is InChI=1S/C20H20BrF3N2O/c21-17-5-1-14(2-6-17)13-26-11-9-15(10-12-26)19(27)25-18-7-3-16(4-8-18)20(22,23)24/h1-8,15H,9-13H2,(H,25,27). The molecule has 2 aromatic carbocycles. The molecule has 0 spiro atoms. The van der Waals surface area contributed by atoms with Gasteiger partial charge in [0, 0.05) is 22.6 Å². The van der Waals surface area contributed by atoms with Crippen LogP contribution < -0.4 is 5.32 Å². The summed E-state index contributed by atoms with van der Waals surface area (Å²) in [5, 5.41) is 2.73. The van der Waals surface area contributed by atoms with Gasteiger partial charge >= 0.3 is 6.18 Å². The first kappa shape index (κ1) is 19.9. The van der Waals surface area contributed by atoms with Crippen molar-refractivity contribution >= 4 is 27.5 Å². The minimum absolute atomic E-state index is 0.117. The van der Waals surface area contributed by atoms with Gasteiger partial charge in [-0.1, -0.05) is 28.1 Å². The molecule has 1 fully saturated rings. The first-order chi connectivity index (χ1) is 12.8. The molecule has 0 aromatic heterocycles. The number of carbonyl (C=O) groups excluding carboxylic acids is 1. The molecule has 0 unspecified atom stereocenters. The predicted octanol–water partition coefficient (Wildman–Crippen LogP) is 5.32. The Kier molecular flexibility index (Phi) is 6.22. The van der Waals surface area contributed by atoms with Gasteiger partial charge in [-0.25, -0.2) is 0 Å². The van der Waals surface area contributed by atoms with E-state index in [2.05, 4.69) is 38.3 Å². The molecule has 7 heteroatoms. The second-order valence-electron chi connectivity index (χ2n) is 6.74. The number of benzene rings is 2. The highest BCUT2D eigenvalue weighted by molar-refractivity contribution is 9.10. The quantitative estimate of drug-likeness (QED) is 0.697. The van der Waals surface area contributed by atoms with E-state index < -0.39 is 11.7 Å². The molecule has 0 atom stereocenters. The number of alkyl halides is 3. The summed E-state index contributed by atoms with van der Waals surface area (Å²) in [6, 6.07) is 12.7. The summed E-state index contributed by atoms with van der Waals surface area (Å²) in [5.74, 6) is -0.244. The van der Waals surface area contributed by atoms with E-state index >= 15 is 0 Å². The van der Waals surface area contributed by atoms with Crippen LogP contribution in [0.5, 0.6) is 0 Å². The third-order valence-corrected chi connectivity index (χ3v) is 5.29. The van der Waals surface area contributed by atoms with Crippen molar-refractivity contribution in [1.29, 1.82) is 0 Å². The lowest BCUT2D eigenvalue weighted by Gasteiger charge is -2.31. The number of carbonyl (C=O) groups is 1. The normalized spacial score (nSPS) is 16.3. The van der Waals surface area contributed by atoms with E-state index in [0.29, 0.717) is 5.69 Å². The lowest BCUT2D eigenvalue weighted by molar-refractivity contribution is -0.137. The molecule has 3 rings (SSSR count). The van der Waals surface area contributed by atoms with Gasteiger partial charge in [0.15, 0.2) is 0 Å². The van der Waals surface area contributed by atoms with Gasteiger partial charge in [0.1, 0.15) is 0 Å². The summed E-state index contributed by atoms with van der Waals surface area (Å²) in [6.07, 6.45) is -2.89. The highest BCUT2D eigenvalue weighted by Gasteiger charge is 2.30. The average molecular weight is 441 g/mol. The zero-order valence-electron chi connectivity index (χ0n) is 14.6. The second kappa shape index (κ2) is 8.44. The Morgan fingerprint density at radius 1 is 1.04 bits per heavy atom. The van der Waals surface area contributed by atoms with E-state index in [9.17, 15) is 18.0 Å². The molecule has 0 radical (unpaired) electrons. The Labute approximate surface area is 164 Å². The number of hydrogen-bond donors (Lipinski definition) is 1. The summed E-state index contributed by atoms with van der Waals surface area (Å²) < 4.78 is 38.8. The highest BCUT2D eigenvalue weighted by Crippen LogP contribution is 2.30. The average Bonchev–Trinajstić information content (AvgIpc) is 2.64. The molecule has 27 heavy (non-hydrogen) atoms. The highest BCUT2D eigenvalue weighted by atomic mass is 79.9. The largest absolute Gasteiger partial charge is 0.416 e. The SMILES string of the molecule is O=C(Nc1ccc(C(F)(F)F)cc1)C1CCN(Cc2ccc(Br)cc2)CC1. The van der Waals surface area contributed by atoms with Crippen LogP contribution in [0.25, 0.3) is 0 Å². The first-order valence-corrected chi connectivity index (χ1v) is 9.55. The molecule has 0 bridgehead atoms. The maximum atomic E-state index is 12.6. The van der Waals surface area contributed by atoms with Crippen LogP contribution in [0.15, 0.2) is 53.0 Å². The number of likely N-dealkylation sites (tertiary alicyclic amines) is 1. The van der Waals surface area contributed by atoms with Crippen molar-refractivity contribution in [2.45, 2.75) is 25.6 Å². The number of nitrogens with zero attached hydrogens (tertiary/aromatic N) is 1. The van der Waals surface area contributed by atoms with E-state index in [0.717, 1.165) is 49.1 Å². The van der Waals surface area contributed by atoms with Crippen LogP contribution in [0.4, 0.5) is 18.9 Å². The molecule has 0 saturated carbocycles. The monoisotopic (exact) mass is 440 g/mol. The van der Waals surface area contributed by atoms with Crippen molar-refractivity contribution in [2.75, 3.05) is 18.4 Å². The van der Waals surface area contributed by atoms with Crippen LogP contribution >= 0.6 is 15.9 Å². The maximum Gasteiger partial charge on any atom is 0.416 e.